The summed E-state index contributed by atoms with van der Waals surface area (Å²) < 4.78 is 14.4. The Kier molecular flexibility index (Phi) is 5.22. The highest BCUT2D eigenvalue weighted by Gasteiger charge is 2.26. The van der Waals surface area contributed by atoms with E-state index in [1.165, 1.54) is 6.07 Å². The third-order valence-electron chi connectivity index (χ3n) is 4.00. The number of aliphatic hydroxyl groups is 1. The summed E-state index contributed by atoms with van der Waals surface area (Å²) in [6.07, 6.45) is 3.08. The van der Waals surface area contributed by atoms with Crippen LogP contribution in [-0.2, 0) is 6.54 Å². The Bertz CT molecular complexity index is 470. The van der Waals surface area contributed by atoms with Crippen LogP contribution in [0.25, 0.3) is 0 Å². The zero-order chi connectivity index (χ0) is 15.5. The second-order valence-corrected chi connectivity index (χ2v) is 6.88. The van der Waals surface area contributed by atoms with Gasteiger partial charge in [-0.05, 0) is 51.7 Å². The van der Waals surface area contributed by atoms with Crippen molar-refractivity contribution in [1.29, 1.82) is 0 Å². The van der Waals surface area contributed by atoms with E-state index in [0.29, 0.717) is 12.2 Å². The lowest BCUT2D eigenvalue weighted by molar-refractivity contribution is 0.239. The molecule has 0 spiro atoms. The van der Waals surface area contributed by atoms with E-state index >= 15 is 0 Å². The van der Waals surface area contributed by atoms with Gasteiger partial charge in [0.2, 0.25) is 0 Å². The first-order chi connectivity index (χ1) is 9.92. The van der Waals surface area contributed by atoms with Crippen LogP contribution >= 0.6 is 0 Å². The van der Waals surface area contributed by atoms with Crippen LogP contribution in [0.2, 0.25) is 0 Å². The molecule has 0 aromatic heterocycles. The summed E-state index contributed by atoms with van der Waals surface area (Å²) in [6.45, 7) is 7.83. The fourth-order valence-electron chi connectivity index (χ4n) is 2.87. The van der Waals surface area contributed by atoms with Crippen LogP contribution in [0.3, 0.4) is 0 Å². The summed E-state index contributed by atoms with van der Waals surface area (Å²) in [6, 6.07) is 5.28. The molecule has 1 saturated heterocycles. The van der Waals surface area contributed by atoms with Crippen LogP contribution in [0.1, 0.15) is 45.6 Å². The standard InChI is InChI=1S/C17H27FN2O/c1-17(2,3)19-11-13-7-6-9-15(18)16(13)20-10-5-4-8-14(20)12-21/h6-7,9,14,19,21H,4-5,8,10-12H2,1-3H3. The maximum absolute atomic E-state index is 14.4. The van der Waals surface area contributed by atoms with E-state index in [1.54, 1.807) is 6.07 Å². The molecule has 0 radical (unpaired) electrons. The van der Waals surface area contributed by atoms with Crippen LogP contribution in [0.5, 0.6) is 0 Å². The molecule has 2 rings (SSSR count). The van der Waals surface area contributed by atoms with Crippen molar-refractivity contribution >= 4 is 5.69 Å². The molecule has 1 aromatic rings. The molecule has 0 saturated carbocycles. The summed E-state index contributed by atoms with van der Waals surface area (Å²) in [5.74, 6) is -0.191. The Morgan fingerprint density at radius 2 is 2.10 bits per heavy atom. The third kappa shape index (κ3) is 4.17. The highest BCUT2D eigenvalue weighted by atomic mass is 19.1. The molecular weight excluding hydrogens is 267 g/mol. The number of anilines is 1. The number of benzene rings is 1. The molecule has 1 aliphatic rings. The molecule has 21 heavy (non-hydrogen) atoms. The molecule has 2 N–H and O–H groups in total. The molecule has 0 aliphatic carbocycles. The normalized spacial score (nSPS) is 19.9. The van der Waals surface area contributed by atoms with E-state index in [4.69, 9.17) is 0 Å². The zero-order valence-corrected chi connectivity index (χ0v) is 13.3. The Morgan fingerprint density at radius 1 is 1.33 bits per heavy atom. The molecule has 1 atom stereocenters. The number of piperidine rings is 1. The lowest BCUT2D eigenvalue weighted by Crippen LogP contribution is -2.43. The van der Waals surface area contributed by atoms with Crippen LogP contribution in [0.15, 0.2) is 18.2 Å². The molecule has 4 heteroatoms. The van der Waals surface area contributed by atoms with Gasteiger partial charge in [0, 0.05) is 18.6 Å². The van der Waals surface area contributed by atoms with Gasteiger partial charge in [-0.1, -0.05) is 12.1 Å². The van der Waals surface area contributed by atoms with Crippen molar-refractivity contribution in [2.24, 2.45) is 0 Å². The monoisotopic (exact) mass is 294 g/mol. The molecule has 1 aromatic carbocycles. The van der Waals surface area contributed by atoms with Crippen LogP contribution in [0.4, 0.5) is 10.1 Å². The number of nitrogens with one attached hydrogen (secondary N) is 1. The van der Waals surface area contributed by atoms with Crippen molar-refractivity contribution in [3.63, 3.8) is 0 Å². The minimum Gasteiger partial charge on any atom is -0.394 e. The van der Waals surface area contributed by atoms with Crippen LogP contribution < -0.4 is 10.2 Å². The molecule has 1 heterocycles. The molecule has 0 bridgehead atoms. The second kappa shape index (κ2) is 6.75. The van der Waals surface area contributed by atoms with Gasteiger partial charge < -0.3 is 15.3 Å². The van der Waals surface area contributed by atoms with E-state index in [-0.39, 0.29) is 24.0 Å². The van der Waals surface area contributed by atoms with Gasteiger partial charge in [-0.3, -0.25) is 0 Å². The lowest BCUT2D eigenvalue weighted by Gasteiger charge is -2.38. The van der Waals surface area contributed by atoms with Crippen LogP contribution in [0, 0.1) is 5.82 Å². The minimum absolute atomic E-state index is 0.0120. The maximum atomic E-state index is 14.4. The van der Waals surface area contributed by atoms with Crippen molar-refractivity contribution in [2.45, 2.75) is 58.2 Å². The first kappa shape index (κ1) is 16.2. The summed E-state index contributed by atoms with van der Waals surface area (Å²) in [4.78, 5) is 2.05. The molecule has 1 aliphatic heterocycles. The van der Waals surface area contributed by atoms with Crippen molar-refractivity contribution in [2.75, 3.05) is 18.1 Å². The number of hydrogen-bond acceptors (Lipinski definition) is 3. The average molecular weight is 294 g/mol. The number of hydrogen-bond donors (Lipinski definition) is 2. The Balaban J connectivity index is 2.28. The SMILES string of the molecule is CC(C)(C)NCc1cccc(F)c1N1CCCCC1CO. The number of halogens is 1. The Hall–Kier alpha value is -1.13. The summed E-state index contributed by atoms with van der Waals surface area (Å²) >= 11 is 0. The lowest BCUT2D eigenvalue weighted by atomic mass is 9.99. The molecular formula is C17H27FN2O. The first-order valence-corrected chi connectivity index (χ1v) is 7.82. The summed E-state index contributed by atoms with van der Waals surface area (Å²) in [5.41, 5.74) is 1.61. The van der Waals surface area contributed by atoms with Gasteiger partial charge in [-0.25, -0.2) is 4.39 Å². The first-order valence-electron chi connectivity index (χ1n) is 7.82. The van der Waals surface area contributed by atoms with Gasteiger partial charge in [0.05, 0.1) is 18.3 Å². The van der Waals surface area contributed by atoms with Crippen molar-refractivity contribution < 1.29 is 9.50 Å². The van der Waals surface area contributed by atoms with Gasteiger partial charge in [-0.15, -0.1) is 0 Å². The second-order valence-electron chi connectivity index (χ2n) is 6.88. The average Bonchev–Trinajstić information content (AvgIpc) is 2.44. The van der Waals surface area contributed by atoms with E-state index < -0.39 is 0 Å². The predicted octanol–water partition coefficient (Wildman–Crippen LogP) is 3.07. The molecule has 1 unspecified atom stereocenters. The van der Waals surface area contributed by atoms with E-state index in [0.717, 1.165) is 31.4 Å². The number of nitrogens with zero attached hydrogens (tertiary/aromatic N) is 1. The van der Waals surface area contributed by atoms with Gasteiger partial charge in [0.15, 0.2) is 0 Å². The molecule has 3 nitrogen and oxygen atoms in total. The zero-order valence-electron chi connectivity index (χ0n) is 13.3. The van der Waals surface area contributed by atoms with Gasteiger partial charge in [0.25, 0.3) is 0 Å². The minimum atomic E-state index is -0.191. The highest BCUT2D eigenvalue weighted by molar-refractivity contribution is 5.56. The summed E-state index contributed by atoms with van der Waals surface area (Å²) in [7, 11) is 0. The molecule has 1 fully saturated rings. The Morgan fingerprint density at radius 3 is 2.76 bits per heavy atom. The maximum Gasteiger partial charge on any atom is 0.146 e. The van der Waals surface area contributed by atoms with Gasteiger partial charge in [-0.2, -0.15) is 0 Å². The van der Waals surface area contributed by atoms with E-state index in [1.807, 2.05) is 6.07 Å². The number of para-hydroxylation sites is 1. The molecule has 118 valence electrons. The Labute approximate surface area is 127 Å². The largest absolute Gasteiger partial charge is 0.394 e. The number of rotatable bonds is 4. The predicted molar refractivity (Wildman–Crippen MR) is 85.1 cm³/mol. The smallest absolute Gasteiger partial charge is 0.146 e. The highest BCUT2D eigenvalue weighted by Crippen LogP contribution is 2.30. The number of aliphatic hydroxyl groups excluding tert-OH is 1. The van der Waals surface area contributed by atoms with E-state index in [9.17, 15) is 9.50 Å². The molecule has 0 amide bonds. The topological polar surface area (TPSA) is 35.5 Å². The third-order valence-corrected chi connectivity index (χ3v) is 4.00. The van der Waals surface area contributed by atoms with Crippen molar-refractivity contribution in [1.82, 2.24) is 5.32 Å². The van der Waals surface area contributed by atoms with Gasteiger partial charge in [0.1, 0.15) is 5.82 Å². The fraction of sp³-hybridized carbons (Fsp3) is 0.647. The van der Waals surface area contributed by atoms with E-state index in [2.05, 4.69) is 31.0 Å². The van der Waals surface area contributed by atoms with Gasteiger partial charge >= 0.3 is 0 Å². The quantitative estimate of drug-likeness (QED) is 0.896. The van der Waals surface area contributed by atoms with Crippen LogP contribution in [-0.4, -0.2) is 29.8 Å². The summed E-state index contributed by atoms with van der Waals surface area (Å²) in [5, 5.41) is 13.0. The fourth-order valence-corrected chi connectivity index (χ4v) is 2.87. The van der Waals surface area contributed by atoms with Crippen molar-refractivity contribution in [3.8, 4) is 0 Å². The van der Waals surface area contributed by atoms with Crippen molar-refractivity contribution in [3.05, 3.63) is 29.6 Å².